The Kier molecular flexibility index (Phi) is 8.45. The maximum atomic E-state index is 12.0. The van der Waals surface area contributed by atoms with Gasteiger partial charge >= 0.3 is 0 Å². The highest BCUT2D eigenvalue weighted by Gasteiger charge is 2.18. The molecular weight excluding hydrogens is 278 g/mol. The summed E-state index contributed by atoms with van der Waals surface area (Å²) in [5, 5.41) is 3.27. The molecule has 0 radical (unpaired) electrons. The van der Waals surface area contributed by atoms with Crippen LogP contribution in [0.1, 0.15) is 25.7 Å². The standard InChI is InChI=1S/C14H27N3O2.ClH/c1-16(12-13-4-2-3-11-19-13)8-5-14(18)17-9-6-15-7-10-17;/h13,15H,2-12H2,1H3;1H. The fourth-order valence-corrected chi connectivity index (χ4v) is 2.75. The molecule has 0 bridgehead atoms. The van der Waals surface area contributed by atoms with Gasteiger partial charge in [-0.3, -0.25) is 4.79 Å². The summed E-state index contributed by atoms with van der Waals surface area (Å²) in [6, 6.07) is 0. The lowest BCUT2D eigenvalue weighted by atomic mass is 10.1. The number of piperazine rings is 1. The quantitative estimate of drug-likeness (QED) is 0.813. The summed E-state index contributed by atoms with van der Waals surface area (Å²) in [6.07, 6.45) is 4.63. The van der Waals surface area contributed by atoms with E-state index in [2.05, 4.69) is 17.3 Å². The molecule has 0 spiro atoms. The van der Waals surface area contributed by atoms with Gasteiger partial charge < -0.3 is 19.9 Å². The molecule has 0 aromatic rings. The van der Waals surface area contributed by atoms with Crippen molar-refractivity contribution in [3.8, 4) is 0 Å². The number of carbonyl (C=O) groups excluding carboxylic acids is 1. The van der Waals surface area contributed by atoms with Crippen LogP contribution in [0.5, 0.6) is 0 Å². The number of carbonyl (C=O) groups is 1. The lowest BCUT2D eigenvalue weighted by Gasteiger charge is -2.29. The van der Waals surface area contributed by atoms with Gasteiger partial charge in [-0.15, -0.1) is 12.4 Å². The molecule has 0 aliphatic carbocycles. The second kappa shape index (κ2) is 9.55. The molecule has 2 fully saturated rings. The molecule has 1 unspecified atom stereocenters. The van der Waals surface area contributed by atoms with Gasteiger partial charge in [0.15, 0.2) is 0 Å². The third kappa shape index (κ3) is 5.95. The number of hydrogen-bond acceptors (Lipinski definition) is 4. The van der Waals surface area contributed by atoms with Crippen molar-refractivity contribution in [3.05, 3.63) is 0 Å². The van der Waals surface area contributed by atoms with Crippen LogP contribution in [0.2, 0.25) is 0 Å². The molecule has 0 aromatic carbocycles. The SMILES string of the molecule is CN(CCC(=O)N1CCNCC1)CC1CCCCO1.Cl. The van der Waals surface area contributed by atoms with Crippen LogP contribution < -0.4 is 5.32 Å². The fraction of sp³-hybridized carbons (Fsp3) is 0.929. The molecule has 20 heavy (non-hydrogen) atoms. The van der Waals surface area contributed by atoms with Crippen molar-refractivity contribution in [3.63, 3.8) is 0 Å². The first kappa shape index (κ1) is 17.7. The number of halogens is 1. The van der Waals surface area contributed by atoms with Gasteiger partial charge in [-0.05, 0) is 26.3 Å². The van der Waals surface area contributed by atoms with E-state index in [0.717, 1.165) is 52.3 Å². The summed E-state index contributed by atoms with van der Waals surface area (Å²) in [6.45, 7) is 6.26. The predicted octanol–water partition coefficient (Wildman–Crippen LogP) is 0.731. The van der Waals surface area contributed by atoms with Crippen LogP contribution in [-0.4, -0.2) is 74.7 Å². The zero-order chi connectivity index (χ0) is 13.5. The highest BCUT2D eigenvalue weighted by molar-refractivity contribution is 5.85. The van der Waals surface area contributed by atoms with Gasteiger partial charge in [0.2, 0.25) is 5.91 Å². The van der Waals surface area contributed by atoms with E-state index in [4.69, 9.17) is 4.74 Å². The molecule has 1 amide bonds. The first-order valence-corrected chi connectivity index (χ1v) is 7.54. The van der Waals surface area contributed by atoms with Crippen molar-refractivity contribution in [2.24, 2.45) is 0 Å². The first-order chi connectivity index (χ1) is 9.25. The van der Waals surface area contributed by atoms with E-state index in [1.54, 1.807) is 0 Å². The Labute approximate surface area is 128 Å². The smallest absolute Gasteiger partial charge is 0.223 e. The maximum absolute atomic E-state index is 12.0. The van der Waals surface area contributed by atoms with E-state index < -0.39 is 0 Å². The van der Waals surface area contributed by atoms with E-state index in [1.807, 2.05) is 4.90 Å². The van der Waals surface area contributed by atoms with Crippen molar-refractivity contribution >= 4 is 18.3 Å². The number of nitrogens with one attached hydrogen (secondary N) is 1. The van der Waals surface area contributed by atoms with Crippen LogP contribution in [0.4, 0.5) is 0 Å². The van der Waals surface area contributed by atoms with Crippen LogP contribution in [-0.2, 0) is 9.53 Å². The van der Waals surface area contributed by atoms with Crippen LogP contribution in [0.25, 0.3) is 0 Å². The van der Waals surface area contributed by atoms with Gasteiger partial charge in [0, 0.05) is 52.3 Å². The normalized spacial score (nSPS) is 23.5. The molecule has 2 aliphatic heterocycles. The topological polar surface area (TPSA) is 44.8 Å². The second-order valence-electron chi connectivity index (χ2n) is 5.63. The minimum atomic E-state index is 0. The van der Waals surface area contributed by atoms with Crippen molar-refractivity contribution in [1.29, 1.82) is 0 Å². The molecule has 2 heterocycles. The second-order valence-corrected chi connectivity index (χ2v) is 5.63. The number of amides is 1. The maximum Gasteiger partial charge on any atom is 0.223 e. The van der Waals surface area contributed by atoms with Gasteiger partial charge in [-0.1, -0.05) is 0 Å². The Hall–Kier alpha value is -0.360. The lowest BCUT2D eigenvalue weighted by molar-refractivity contribution is -0.132. The third-order valence-electron chi connectivity index (χ3n) is 3.97. The fourth-order valence-electron chi connectivity index (χ4n) is 2.75. The zero-order valence-electron chi connectivity index (χ0n) is 12.5. The van der Waals surface area contributed by atoms with E-state index in [9.17, 15) is 4.79 Å². The summed E-state index contributed by atoms with van der Waals surface area (Å²) < 4.78 is 5.73. The molecule has 0 aromatic heterocycles. The molecule has 2 saturated heterocycles. The van der Waals surface area contributed by atoms with Gasteiger partial charge in [0.05, 0.1) is 6.10 Å². The van der Waals surface area contributed by atoms with Gasteiger partial charge in [-0.2, -0.15) is 0 Å². The predicted molar refractivity (Wildman–Crippen MR) is 82.4 cm³/mol. The monoisotopic (exact) mass is 305 g/mol. The van der Waals surface area contributed by atoms with Crippen molar-refractivity contribution < 1.29 is 9.53 Å². The lowest BCUT2D eigenvalue weighted by Crippen LogP contribution is -2.47. The van der Waals surface area contributed by atoms with E-state index in [1.165, 1.54) is 12.8 Å². The Bertz CT molecular complexity index is 280. The summed E-state index contributed by atoms with van der Waals surface area (Å²) in [5.41, 5.74) is 0. The Morgan fingerprint density at radius 1 is 1.35 bits per heavy atom. The summed E-state index contributed by atoms with van der Waals surface area (Å²) >= 11 is 0. The average Bonchev–Trinajstić information content (AvgIpc) is 2.47. The molecule has 6 heteroatoms. The molecule has 5 nitrogen and oxygen atoms in total. The number of hydrogen-bond donors (Lipinski definition) is 1. The van der Waals surface area contributed by atoms with E-state index in [0.29, 0.717) is 12.5 Å². The highest BCUT2D eigenvalue weighted by Crippen LogP contribution is 2.13. The van der Waals surface area contributed by atoms with Crippen LogP contribution in [0.15, 0.2) is 0 Å². The van der Waals surface area contributed by atoms with Crippen LogP contribution in [0.3, 0.4) is 0 Å². The van der Waals surface area contributed by atoms with Crippen LogP contribution in [0, 0.1) is 0 Å². The molecule has 1 N–H and O–H groups in total. The summed E-state index contributed by atoms with van der Waals surface area (Å²) in [5.74, 6) is 0.290. The van der Waals surface area contributed by atoms with Gasteiger partial charge in [0.25, 0.3) is 0 Å². The molecule has 0 saturated carbocycles. The Balaban J connectivity index is 0.00000200. The summed E-state index contributed by atoms with van der Waals surface area (Å²) in [7, 11) is 2.09. The Morgan fingerprint density at radius 2 is 2.10 bits per heavy atom. The number of rotatable bonds is 5. The van der Waals surface area contributed by atoms with Crippen molar-refractivity contribution in [1.82, 2.24) is 15.1 Å². The minimum Gasteiger partial charge on any atom is -0.377 e. The number of nitrogens with zero attached hydrogens (tertiary/aromatic N) is 2. The summed E-state index contributed by atoms with van der Waals surface area (Å²) in [4.78, 5) is 16.2. The van der Waals surface area contributed by atoms with E-state index >= 15 is 0 Å². The Morgan fingerprint density at radius 3 is 2.75 bits per heavy atom. The largest absolute Gasteiger partial charge is 0.377 e. The van der Waals surface area contributed by atoms with Crippen LogP contribution >= 0.6 is 12.4 Å². The molecule has 2 aliphatic rings. The highest BCUT2D eigenvalue weighted by atomic mass is 35.5. The number of ether oxygens (including phenoxy) is 1. The first-order valence-electron chi connectivity index (χ1n) is 7.54. The third-order valence-corrected chi connectivity index (χ3v) is 3.97. The molecule has 2 rings (SSSR count). The van der Waals surface area contributed by atoms with E-state index in [-0.39, 0.29) is 18.3 Å². The molecule has 1 atom stereocenters. The number of likely N-dealkylation sites (N-methyl/N-ethyl adjacent to an activating group) is 1. The van der Waals surface area contributed by atoms with Gasteiger partial charge in [0.1, 0.15) is 0 Å². The van der Waals surface area contributed by atoms with Crippen molar-refractivity contribution in [2.75, 3.05) is 52.9 Å². The average molecular weight is 306 g/mol. The molecular formula is C14H28ClN3O2. The minimum absolute atomic E-state index is 0. The molecule has 118 valence electrons. The van der Waals surface area contributed by atoms with Gasteiger partial charge in [-0.25, -0.2) is 0 Å². The van der Waals surface area contributed by atoms with Crippen molar-refractivity contribution in [2.45, 2.75) is 31.8 Å². The zero-order valence-corrected chi connectivity index (χ0v) is 13.3.